The molecule has 0 saturated carbocycles. The summed E-state index contributed by atoms with van der Waals surface area (Å²) in [6, 6.07) is 0. The first-order chi connectivity index (χ1) is 5.79. The molecule has 1 amide bonds. The third kappa shape index (κ3) is 1.48. The van der Waals surface area contributed by atoms with Crippen LogP contribution in [0.25, 0.3) is 0 Å². The number of thioether (sulfide) groups is 1. The van der Waals surface area contributed by atoms with Crippen LogP contribution < -0.4 is 5.32 Å². The van der Waals surface area contributed by atoms with Gasteiger partial charge in [0.2, 0.25) is 0 Å². The normalized spacial score (nSPS) is 30.2. The van der Waals surface area contributed by atoms with Crippen molar-refractivity contribution in [2.45, 2.75) is 10.5 Å². The maximum atomic E-state index is 10.8. The third-order valence-electron chi connectivity index (χ3n) is 1.80. The van der Waals surface area contributed by atoms with Crippen molar-refractivity contribution >= 4 is 17.9 Å². The van der Waals surface area contributed by atoms with E-state index >= 15 is 0 Å². The topological polar surface area (TPSA) is 38.3 Å². The van der Waals surface area contributed by atoms with Gasteiger partial charge in [-0.2, -0.15) is 0 Å². The van der Waals surface area contributed by atoms with Gasteiger partial charge in [-0.3, -0.25) is 5.32 Å². The first kappa shape index (κ1) is 7.73. The SMILES string of the molecule is COC(=O)NC1=CC2SC2C=C1. The van der Waals surface area contributed by atoms with E-state index in [0.717, 1.165) is 5.70 Å². The van der Waals surface area contributed by atoms with Crippen LogP contribution in [0.4, 0.5) is 4.79 Å². The second-order valence-electron chi connectivity index (χ2n) is 2.66. The van der Waals surface area contributed by atoms with Crippen LogP contribution in [0.5, 0.6) is 0 Å². The molecule has 1 saturated heterocycles. The molecule has 3 nitrogen and oxygen atoms in total. The number of rotatable bonds is 1. The minimum absolute atomic E-state index is 0.407. The van der Waals surface area contributed by atoms with Crippen molar-refractivity contribution < 1.29 is 9.53 Å². The van der Waals surface area contributed by atoms with Crippen LogP contribution in [0.15, 0.2) is 23.9 Å². The summed E-state index contributed by atoms with van der Waals surface area (Å²) in [4.78, 5) is 10.8. The summed E-state index contributed by atoms with van der Waals surface area (Å²) in [5, 5.41) is 3.84. The second kappa shape index (κ2) is 2.86. The van der Waals surface area contributed by atoms with Crippen LogP contribution >= 0.6 is 11.8 Å². The Labute approximate surface area is 74.9 Å². The third-order valence-corrected chi connectivity index (χ3v) is 3.00. The molecule has 1 N–H and O–H groups in total. The summed E-state index contributed by atoms with van der Waals surface area (Å²) in [6.45, 7) is 0. The Hall–Kier alpha value is -0.900. The van der Waals surface area contributed by atoms with Crippen LogP contribution in [0.3, 0.4) is 0 Å². The van der Waals surface area contributed by atoms with Crippen molar-refractivity contribution in [3.8, 4) is 0 Å². The minimum Gasteiger partial charge on any atom is -0.453 e. The molecule has 4 heteroatoms. The second-order valence-corrected chi connectivity index (χ2v) is 4.02. The molecule has 2 rings (SSSR count). The van der Waals surface area contributed by atoms with Gasteiger partial charge >= 0.3 is 6.09 Å². The maximum Gasteiger partial charge on any atom is 0.411 e. The van der Waals surface area contributed by atoms with Gasteiger partial charge < -0.3 is 4.74 Å². The summed E-state index contributed by atoms with van der Waals surface area (Å²) in [7, 11) is 1.36. The van der Waals surface area contributed by atoms with Crippen molar-refractivity contribution in [3.63, 3.8) is 0 Å². The van der Waals surface area contributed by atoms with Gasteiger partial charge in [-0.15, -0.1) is 11.8 Å². The van der Waals surface area contributed by atoms with Gasteiger partial charge in [-0.1, -0.05) is 6.08 Å². The van der Waals surface area contributed by atoms with E-state index in [0.29, 0.717) is 10.5 Å². The highest BCUT2D eigenvalue weighted by atomic mass is 32.2. The van der Waals surface area contributed by atoms with E-state index in [-0.39, 0.29) is 0 Å². The molecule has 1 fully saturated rings. The summed E-state index contributed by atoms with van der Waals surface area (Å²) in [6.07, 6.45) is 5.65. The molecule has 2 unspecified atom stereocenters. The zero-order valence-electron chi connectivity index (χ0n) is 6.61. The Bertz CT molecular complexity index is 272. The standard InChI is InChI=1S/C8H9NO2S/c1-11-8(10)9-5-2-3-6-7(4-5)12-6/h2-4,6-7H,1H3,(H,9,10). The predicted molar refractivity (Wildman–Crippen MR) is 47.9 cm³/mol. The van der Waals surface area contributed by atoms with Gasteiger partial charge in [-0.05, 0) is 12.2 Å². The quantitative estimate of drug-likeness (QED) is 0.622. The molecule has 2 aliphatic rings. The van der Waals surface area contributed by atoms with Crippen LogP contribution in [0.2, 0.25) is 0 Å². The molecule has 1 heterocycles. The minimum atomic E-state index is -0.407. The van der Waals surface area contributed by atoms with Gasteiger partial charge in [0.05, 0.1) is 7.11 Å². The number of allylic oxidation sites excluding steroid dienone is 1. The van der Waals surface area contributed by atoms with Crippen molar-refractivity contribution in [1.29, 1.82) is 0 Å². The average molecular weight is 183 g/mol. The summed E-state index contributed by atoms with van der Waals surface area (Å²) in [5.74, 6) is 0. The number of methoxy groups -OCH3 is 1. The first-order valence-electron chi connectivity index (χ1n) is 3.70. The highest BCUT2D eigenvalue weighted by Crippen LogP contribution is 2.45. The van der Waals surface area contributed by atoms with Crippen LogP contribution in [-0.2, 0) is 4.74 Å². The number of hydrogen-bond donors (Lipinski definition) is 1. The number of amides is 1. The molecule has 0 spiro atoms. The lowest BCUT2D eigenvalue weighted by atomic mass is 10.1. The highest BCUT2D eigenvalue weighted by Gasteiger charge is 2.36. The lowest BCUT2D eigenvalue weighted by molar-refractivity contribution is 0.174. The molecule has 2 atom stereocenters. The van der Waals surface area contributed by atoms with Crippen LogP contribution in [0.1, 0.15) is 0 Å². The molecule has 0 aromatic heterocycles. The van der Waals surface area contributed by atoms with Crippen molar-refractivity contribution in [2.75, 3.05) is 7.11 Å². The average Bonchev–Trinajstić information content (AvgIpc) is 2.82. The lowest BCUT2D eigenvalue weighted by Crippen LogP contribution is -2.22. The van der Waals surface area contributed by atoms with Crippen molar-refractivity contribution in [1.82, 2.24) is 5.32 Å². The molecule has 64 valence electrons. The monoisotopic (exact) mass is 183 g/mol. The number of alkyl carbamates (subject to hydrolysis) is 1. The summed E-state index contributed by atoms with van der Waals surface area (Å²) >= 11 is 1.88. The molecule has 12 heavy (non-hydrogen) atoms. The molecule has 1 aliphatic carbocycles. The fraction of sp³-hybridized carbons (Fsp3) is 0.375. The number of ether oxygens (including phenoxy) is 1. The van der Waals surface area contributed by atoms with Crippen molar-refractivity contribution in [3.05, 3.63) is 23.9 Å². The predicted octanol–water partition coefficient (Wildman–Crippen LogP) is 1.28. The van der Waals surface area contributed by atoms with E-state index in [4.69, 9.17) is 0 Å². The number of carbonyl (C=O) groups excluding carboxylic acids is 1. The molecule has 0 aromatic carbocycles. The zero-order chi connectivity index (χ0) is 8.55. The Morgan fingerprint density at radius 3 is 3.17 bits per heavy atom. The smallest absolute Gasteiger partial charge is 0.411 e. The number of nitrogens with one attached hydrogen (secondary N) is 1. The number of hydrogen-bond acceptors (Lipinski definition) is 3. The fourth-order valence-electron chi connectivity index (χ4n) is 1.11. The molecule has 0 aromatic rings. The molecule has 1 aliphatic heterocycles. The molecule has 0 radical (unpaired) electrons. The fourth-order valence-corrected chi connectivity index (χ4v) is 1.94. The van der Waals surface area contributed by atoms with E-state index in [2.05, 4.69) is 16.1 Å². The van der Waals surface area contributed by atoms with E-state index in [9.17, 15) is 4.79 Å². The Balaban J connectivity index is 1.96. The van der Waals surface area contributed by atoms with E-state index in [1.54, 1.807) is 0 Å². The first-order valence-corrected chi connectivity index (χ1v) is 4.64. The Morgan fingerprint density at radius 1 is 1.67 bits per heavy atom. The van der Waals surface area contributed by atoms with Gasteiger partial charge in [0.25, 0.3) is 0 Å². The molecular formula is C8H9NO2S. The highest BCUT2D eigenvalue weighted by molar-refractivity contribution is 8.08. The van der Waals surface area contributed by atoms with E-state index < -0.39 is 6.09 Å². The maximum absolute atomic E-state index is 10.8. The Morgan fingerprint density at radius 2 is 2.50 bits per heavy atom. The number of carbonyl (C=O) groups is 1. The zero-order valence-corrected chi connectivity index (χ0v) is 7.43. The summed E-state index contributed by atoms with van der Waals surface area (Å²) < 4.78 is 4.47. The molecular weight excluding hydrogens is 174 g/mol. The number of fused-ring (bicyclic) bond motifs is 1. The largest absolute Gasteiger partial charge is 0.453 e. The van der Waals surface area contributed by atoms with Crippen LogP contribution in [-0.4, -0.2) is 23.7 Å². The molecule has 0 bridgehead atoms. The van der Waals surface area contributed by atoms with E-state index in [1.165, 1.54) is 7.11 Å². The van der Waals surface area contributed by atoms with Gasteiger partial charge in [-0.25, -0.2) is 4.79 Å². The lowest BCUT2D eigenvalue weighted by Gasteiger charge is -2.05. The van der Waals surface area contributed by atoms with Crippen LogP contribution in [0, 0.1) is 0 Å². The van der Waals surface area contributed by atoms with Gasteiger partial charge in [0.15, 0.2) is 0 Å². The van der Waals surface area contributed by atoms with Crippen molar-refractivity contribution in [2.24, 2.45) is 0 Å². The van der Waals surface area contributed by atoms with E-state index in [1.807, 2.05) is 23.9 Å². The van der Waals surface area contributed by atoms with Gasteiger partial charge in [0, 0.05) is 16.2 Å². The summed E-state index contributed by atoms with van der Waals surface area (Å²) in [5.41, 5.74) is 0.841. The Kier molecular flexibility index (Phi) is 1.84. The van der Waals surface area contributed by atoms with Gasteiger partial charge in [0.1, 0.15) is 0 Å².